The fourth-order valence-electron chi connectivity index (χ4n) is 4.02. The average Bonchev–Trinajstić information content (AvgIpc) is 3.36. The van der Waals surface area contributed by atoms with Gasteiger partial charge in [0.05, 0.1) is 6.61 Å². The van der Waals surface area contributed by atoms with Gasteiger partial charge in [-0.1, -0.05) is 18.2 Å². The van der Waals surface area contributed by atoms with Crippen molar-refractivity contribution < 1.29 is 4.74 Å². The summed E-state index contributed by atoms with van der Waals surface area (Å²) in [6, 6.07) is 7.09. The summed E-state index contributed by atoms with van der Waals surface area (Å²) in [5.74, 6) is 4.15. The molecule has 1 heterocycles. The number of nitrogens with one attached hydrogen (secondary N) is 1. The Morgan fingerprint density at radius 3 is 2.62 bits per heavy atom. The van der Waals surface area contributed by atoms with Gasteiger partial charge in [0.25, 0.3) is 0 Å². The number of hydrogen-bond donors (Lipinski definition) is 1. The second kappa shape index (κ2) is 5.64. The van der Waals surface area contributed by atoms with Crippen molar-refractivity contribution in [1.82, 2.24) is 5.32 Å². The first-order valence-corrected chi connectivity index (χ1v) is 8.78. The van der Waals surface area contributed by atoms with Gasteiger partial charge in [0.2, 0.25) is 0 Å². The maximum absolute atomic E-state index is 6.00. The van der Waals surface area contributed by atoms with Gasteiger partial charge in [-0.15, -0.1) is 0 Å². The second-order valence-electron chi connectivity index (χ2n) is 7.28. The zero-order chi connectivity index (χ0) is 14.2. The van der Waals surface area contributed by atoms with Crippen LogP contribution in [0, 0.1) is 24.7 Å². The number of para-hydroxylation sites is 1. The number of rotatable bonds is 5. The van der Waals surface area contributed by atoms with E-state index in [1.807, 2.05) is 0 Å². The summed E-state index contributed by atoms with van der Waals surface area (Å²) < 4.78 is 6.00. The van der Waals surface area contributed by atoms with E-state index in [9.17, 15) is 0 Å². The summed E-state index contributed by atoms with van der Waals surface area (Å²) in [5.41, 5.74) is 2.67. The summed E-state index contributed by atoms with van der Waals surface area (Å²) in [5, 5.41) is 3.91. The Bertz CT molecular complexity index is 492. The third kappa shape index (κ3) is 2.96. The van der Waals surface area contributed by atoms with E-state index in [1.165, 1.54) is 49.8 Å². The molecule has 0 amide bonds. The molecule has 1 unspecified atom stereocenters. The highest BCUT2D eigenvalue weighted by Gasteiger charge is 2.41. The first-order valence-electron chi connectivity index (χ1n) is 8.78. The van der Waals surface area contributed by atoms with Gasteiger partial charge in [-0.3, -0.25) is 0 Å². The van der Waals surface area contributed by atoms with Crippen LogP contribution >= 0.6 is 0 Å². The lowest BCUT2D eigenvalue weighted by Crippen LogP contribution is -2.29. The van der Waals surface area contributed by atoms with E-state index in [1.54, 1.807) is 0 Å². The lowest BCUT2D eigenvalue weighted by molar-refractivity contribution is 0.311. The summed E-state index contributed by atoms with van der Waals surface area (Å²) in [6.07, 6.45) is 8.28. The molecule has 0 bridgehead atoms. The SMILES string of the molecule is Cc1cccc2c1OCCCC2NCC(C1CC1)C1CC1. The predicted octanol–water partition coefficient (Wildman–Crippen LogP) is 4.23. The van der Waals surface area contributed by atoms with Crippen LogP contribution in [0.15, 0.2) is 18.2 Å². The van der Waals surface area contributed by atoms with E-state index >= 15 is 0 Å². The van der Waals surface area contributed by atoms with E-state index < -0.39 is 0 Å². The molecule has 1 N–H and O–H groups in total. The standard InChI is InChI=1S/C19H27NO/c1-13-4-2-5-16-18(6-3-11-21-19(13)16)20-12-17(14-7-8-14)15-9-10-15/h2,4-5,14-15,17-18,20H,3,6-12H2,1H3. The Labute approximate surface area is 128 Å². The van der Waals surface area contributed by atoms with Crippen molar-refractivity contribution in [2.45, 2.75) is 51.5 Å². The molecule has 114 valence electrons. The highest BCUT2D eigenvalue weighted by atomic mass is 16.5. The van der Waals surface area contributed by atoms with Gasteiger partial charge in [0, 0.05) is 11.6 Å². The molecular weight excluding hydrogens is 258 g/mol. The lowest BCUT2D eigenvalue weighted by atomic mass is 9.95. The van der Waals surface area contributed by atoms with Crippen LogP contribution < -0.4 is 10.1 Å². The first kappa shape index (κ1) is 13.6. The van der Waals surface area contributed by atoms with Gasteiger partial charge in [0.15, 0.2) is 0 Å². The minimum Gasteiger partial charge on any atom is -0.493 e. The van der Waals surface area contributed by atoms with Crippen LogP contribution in [0.4, 0.5) is 0 Å². The maximum atomic E-state index is 6.00. The first-order chi connectivity index (χ1) is 10.3. The van der Waals surface area contributed by atoms with Gasteiger partial charge >= 0.3 is 0 Å². The van der Waals surface area contributed by atoms with Gasteiger partial charge in [-0.2, -0.15) is 0 Å². The zero-order valence-electron chi connectivity index (χ0n) is 13.1. The summed E-state index contributed by atoms with van der Waals surface area (Å²) in [7, 11) is 0. The average molecular weight is 285 g/mol. The van der Waals surface area contributed by atoms with Crippen LogP contribution in [0.5, 0.6) is 5.75 Å². The van der Waals surface area contributed by atoms with Crippen molar-refractivity contribution in [3.8, 4) is 5.75 Å². The third-order valence-corrected chi connectivity index (χ3v) is 5.56. The molecule has 4 rings (SSSR count). The van der Waals surface area contributed by atoms with Crippen molar-refractivity contribution in [2.75, 3.05) is 13.2 Å². The summed E-state index contributed by atoms with van der Waals surface area (Å²) in [6.45, 7) is 4.25. The molecule has 1 aromatic carbocycles. The molecule has 21 heavy (non-hydrogen) atoms. The monoisotopic (exact) mass is 285 g/mol. The molecule has 0 radical (unpaired) electrons. The van der Waals surface area contributed by atoms with Crippen molar-refractivity contribution in [1.29, 1.82) is 0 Å². The van der Waals surface area contributed by atoms with Crippen LogP contribution in [0.25, 0.3) is 0 Å². The summed E-state index contributed by atoms with van der Waals surface area (Å²) >= 11 is 0. The van der Waals surface area contributed by atoms with E-state index in [-0.39, 0.29) is 0 Å². The van der Waals surface area contributed by atoms with Gasteiger partial charge in [0.1, 0.15) is 5.75 Å². The Balaban J connectivity index is 1.48. The fourth-order valence-corrected chi connectivity index (χ4v) is 4.02. The van der Waals surface area contributed by atoms with E-state index in [0.29, 0.717) is 6.04 Å². The fraction of sp³-hybridized carbons (Fsp3) is 0.684. The molecule has 3 aliphatic rings. The second-order valence-corrected chi connectivity index (χ2v) is 7.28. The van der Waals surface area contributed by atoms with Gasteiger partial charge in [-0.05, 0) is 75.3 Å². The van der Waals surface area contributed by atoms with Crippen molar-refractivity contribution in [3.63, 3.8) is 0 Å². The minimum absolute atomic E-state index is 0.488. The molecule has 1 aromatic rings. The van der Waals surface area contributed by atoms with Crippen molar-refractivity contribution in [3.05, 3.63) is 29.3 Å². The number of ether oxygens (including phenoxy) is 1. The van der Waals surface area contributed by atoms with Crippen molar-refractivity contribution >= 4 is 0 Å². The molecule has 1 aliphatic heterocycles. The van der Waals surface area contributed by atoms with Crippen molar-refractivity contribution in [2.24, 2.45) is 17.8 Å². The quantitative estimate of drug-likeness (QED) is 0.874. The smallest absolute Gasteiger partial charge is 0.126 e. The van der Waals surface area contributed by atoms with Crippen LogP contribution in [0.3, 0.4) is 0 Å². The van der Waals surface area contributed by atoms with Crippen LogP contribution in [-0.2, 0) is 0 Å². The summed E-state index contributed by atoms with van der Waals surface area (Å²) in [4.78, 5) is 0. The maximum Gasteiger partial charge on any atom is 0.126 e. The molecule has 2 heteroatoms. The Morgan fingerprint density at radius 2 is 1.90 bits per heavy atom. The molecule has 0 spiro atoms. The molecule has 2 nitrogen and oxygen atoms in total. The normalized spacial score (nSPS) is 25.3. The molecule has 0 saturated heterocycles. The Hall–Kier alpha value is -1.02. The van der Waals surface area contributed by atoms with E-state index in [2.05, 4.69) is 30.4 Å². The number of benzene rings is 1. The third-order valence-electron chi connectivity index (χ3n) is 5.56. The van der Waals surface area contributed by atoms with Crippen LogP contribution in [0.1, 0.15) is 55.7 Å². The van der Waals surface area contributed by atoms with Gasteiger partial charge < -0.3 is 10.1 Å². The molecule has 2 fully saturated rings. The minimum atomic E-state index is 0.488. The molecular formula is C19H27NO. The molecule has 1 atom stereocenters. The Kier molecular flexibility index (Phi) is 3.66. The highest BCUT2D eigenvalue weighted by molar-refractivity contribution is 5.43. The highest BCUT2D eigenvalue weighted by Crippen LogP contribution is 2.49. The van der Waals surface area contributed by atoms with E-state index in [0.717, 1.165) is 36.5 Å². The van der Waals surface area contributed by atoms with Crippen LogP contribution in [-0.4, -0.2) is 13.2 Å². The van der Waals surface area contributed by atoms with Crippen LogP contribution in [0.2, 0.25) is 0 Å². The topological polar surface area (TPSA) is 21.3 Å². The number of aryl methyl sites for hydroxylation is 1. The van der Waals surface area contributed by atoms with Gasteiger partial charge in [-0.25, -0.2) is 0 Å². The Morgan fingerprint density at radius 1 is 1.14 bits per heavy atom. The predicted molar refractivity (Wildman–Crippen MR) is 85.6 cm³/mol. The number of fused-ring (bicyclic) bond motifs is 1. The molecule has 2 saturated carbocycles. The lowest BCUT2D eigenvalue weighted by Gasteiger charge is -2.23. The molecule has 0 aromatic heterocycles. The van der Waals surface area contributed by atoms with E-state index in [4.69, 9.17) is 4.74 Å². The zero-order valence-corrected chi connectivity index (χ0v) is 13.1. The largest absolute Gasteiger partial charge is 0.493 e. The number of hydrogen-bond acceptors (Lipinski definition) is 2. The molecule has 2 aliphatic carbocycles.